The SMILES string of the molecule is Cc1cc(Cl)ccc1NC1c2ccccc2OCC1C. The maximum absolute atomic E-state index is 6.02. The third kappa shape index (κ3) is 2.48. The number of rotatable bonds is 2. The van der Waals surface area contributed by atoms with Gasteiger partial charge in [0.05, 0.1) is 12.6 Å². The second kappa shape index (κ2) is 5.37. The van der Waals surface area contributed by atoms with Crippen LogP contribution in [0.5, 0.6) is 5.75 Å². The molecule has 104 valence electrons. The molecule has 0 saturated heterocycles. The first-order valence-electron chi connectivity index (χ1n) is 6.89. The molecular weight excluding hydrogens is 270 g/mol. The van der Waals surface area contributed by atoms with Gasteiger partial charge in [-0.1, -0.05) is 36.7 Å². The Morgan fingerprint density at radius 2 is 2.00 bits per heavy atom. The molecule has 2 aromatic rings. The number of anilines is 1. The minimum absolute atomic E-state index is 0.264. The van der Waals surface area contributed by atoms with Gasteiger partial charge in [0, 0.05) is 22.2 Å². The van der Waals surface area contributed by atoms with Gasteiger partial charge in [-0.3, -0.25) is 0 Å². The fourth-order valence-corrected chi connectivity index (χ4v) is 2.90. The maximum atomic E-state index is 6.02. The highest BCUT2D eigenvalue weighted by Crippen LogP contribution is 2.38. The van der Waals surface area contributed by atoms with Gasteiger partial charge in [-0.2, -0.15) is 0 Å². The topological polar surface area (TPSA) is 21.3 Å². The summed E-state index contributed by atoms with van der Waals surface area (Å²) in [5.41, 5.74) is 3.51. The molecule has 0 fully saturated rings. The minimum Gasteiger partial charge on any atom is -0.493 e. The van der Waals surface area contributed by atoms with Crippen molar-refractivity contribution >= 4 is 17.3 Å². The predicted octanol–water partition coefficient (Wildman–Crippen LogP) is 4.83. The molecule has 2 unspecified atom stereocenters. The predicted molar refractivity (Wildman–Crippen MR) is 83.7 cm³/mol. The second-order valence-corrected chi connectivity index (χ2v) is 5.84. The lowest BCUT2D eigenvalue weighted by atomic mass is 9.91. The number of nitrogens with one attached hydrogen (secondary N) is 1. The Balaban J connectivity index is 1.93. The van der Waals surface area contributed by atoms with Crippen LogP contribution in [0.25, 0.3) is 0 Å². The van der Waals surface area contributed by atoms with Crippen molar-refractivity contribution in [2.75, 3.05) is 11.9 Å². The van der Waals surface area contributed by atoms with Crippen LogP contribution in [0, 0.1) is 12.8 Å². The molecule has 1 N–H and O–H groups in total. The van der Waals surface area contributed by atoms with E-state index in [4.69, 9.17) is 16.3 Å². The first-order chi connectivity index (χ1) is 9.65. The Bertz CT molecular complexity index is 626. The van der Waals surface area contributed by atoms with Crippen molar-refractivity contribution in [3.63, 3.8) is 0 Å². The summed E-state index contributed by atoms with van der Waals surface area (Å²) in [5.74, 6) is 1.40. The Morgan fingerprint density at radius 1 is 1.20 bits per heavy atom. The molecule has 2 nitrogen and oxygen atoms in total. The summed E-state index contributed by atoms with van der Waals surface area (Å²) in [5, 5.41) is 4.42. The number of hydrogen-bond acceptors (Lipinski definition) is 2. The average Bonchev–Trinajstić information content (AvgIpc) is 2.44. The molecule has 3 rings (SSSR count). The molecule has 0 spiro atoms. The van der Waals surface area contributed by atoms with Crippen LogP contribution < -0.4 is 10.1 Å². The van der Waals surface area contributed by atoms with Crippen LogP contribution in [0.2, 0.25) is 5.02 Å². The molecule has 2 aromatic carbocycles. The minimum atomic E-state index is 0.264. The standard InChI is InChI=1S/C17H18ClNO/c1-11-9-13(18)7-8-15(11)19-17-12(2)10-20-16-6-4-3-5-14(16)17/h3-9,12,17,19H,10H2,1-2H3. The van der Waals surface area contributed by atoms with Crippen molar-refractivity contribution in [1.29, 1.82) is 0 Å². The molecule has 1 aliphatic heterocycles. The van der Waals surface area contributed by atoms with Crippen LogP contribution in [0.4, 0.5) is 5.69 Å². The monoisotopic (exact) mass is 287 g/mol. The highest BCUT2D eigenvalue weighted by atomic mass is 35.5. The van der Waals surface area contributed by atoms with Crippen LogP contribution in [0.15, 0.2) is 42.5 Å². The number of aryl methyl sites for hydroxylation is 1. The highest BCUT2D eigenvalue weighted by molar-refractivity contribution is 6.30. The summed E-state index contributed by atoms with van der Waals surface area (Å²) >= 11 is 6.02. The molecular formula is C17H18ClNO. The molecule has 0 bridgehead atoms. The van der Waals surface area contributed by atoms with E-state index in [2.05, 4.69) is 31.3 Å². The Hall–Kier alpha value is -1.67. The normalized spacial score (nSPS) is 20.9. The lowest BCUT2D eigenvalue weighted by Gasteiger charge is -2.33. The third-order valence-electron chi connectivity index (χ3n) is 3.82. The van der Waals surface area contributed by atoms with E-state index in [1.807, 2.05) is 30.3 Å². The molecule has 0 radical (unpaired) electrons. The van der Waals surface area contributed by atoms with E-state index in [-0.39, 0.29) is 6.04 Å². The molecule has 0 amide bonds. The molecule has 20 heavy (non-hydrogen) atoms. The van der Waals surface area contributed by atoms with Crippen molar-refractivity contribution in [3.05, 3.63) is 58.6 Å². The quantitative estimate of drug-likeness (QED) is 0.854. The van der Waals surface area contributed by atoms with Crippen LogP contribution in [-0.2, 0) is 0 Å². The van der Waals surface area contributed by atoms with E-state index in [9.17, 15) is 0 Å². The zero-order chi connectivity index (χ0) is 14.1. The van der Waals surface area contributed by atoms with Crippen molar-refractivity contribution in [3.8, 4) is 5.75 Å². The molecule has 0 saturated carbocycles. The first-order valence-corrected chi connectivity index (χ1v) is 7.27. The Labute approximate surface area is 124 Å². The zero-order valence-corrected chi connectivity index (χ0v) is 12.4. The maximum Gasteiger partial charge on any atom is 0.124 e. The number of hydrogen-bond donors (Lipinski definition) is 1. The zero-order valence-electron chi connectivity index (χ0n) is 11.7. The Kier molecular flexibility index (Phi) is 3.58. The third-order valence-corrected chi connectivity index (χ3v) is 4.06. The smallest absolute Gasteiger partial charge is 0.124 e. The fourth-order valence-electron chi connectivity index (χ4n) is 2.67. The van der Waals surface area contributed by atoms with Gasteiger partial charge in [0.2, 0.25) is 0 Å². The van der Waals surface area contributed by atoms with Crippen LogP contribution in [-0.4, -0.2) is 6.61 Å². The molecule has 1 aliphatic rings. The van der Waals surface area contributed by atoms with E-state index in [1.165, 1.54) is 5.56 Å². The van der Waals surface area contributed by atoms with Gasteiger partial charge in [0.25, 0.3) is 0 Å². The van der Waals surface area contributed by atoms with Crippen LogP contribution in [0.1, 0.15) is 24.1 Å². The average molecular weight is 288 g/mol. The molecule has 0 aromatic heterocycles. The van der Waals surface area contributed by atoms with Crippen molar-refractivity contribution in [2.24, 2.45) is 5.92 Å². The highest BCUT2D eigenvalue weighted by Gasteiger charge is 2.27. The van der Waals surface area contributed by atoms with Crippen molar-refractivity contribution < 1.29 is 4.74 Å². The van der Waals surface area contributed by atoms with E-state index in [0.29, 0.717) is 5.92 Å². The number of para-hydroxylation sites is 1. The van der Waals surface area contributed by atoms with E-state index >= 15 is 0 Å². The Morgan fingerprint density at radius 3 is 2.80 bits per heavy atom. The summed E-state index contributed by atoms with van der Waals surface area (Å²) in [4.78, 5) is 0. The first kappa shape index (κ1) is 13.3. The lowest BCUT2D eigenvalue weighted by Crippen LogP contribution is -2.29. The largest absolute Gasteiger partial charge is 0.493 e. The molecule has 1 heterocycles. The van der Waals surface area contributed by atoms with Gasteiger partial charge in [0.15, 0.2) is 0 Å². The second-order valence-electron chi connectivity index (χ2n) is 5.41. The van der Waals surface area contributed by atoms with Gasteiger partial charge in [0.1, 0.15) is 5.75 Å². The van der Waals surface area contributed by atoms with Crippen LogP contribution >= 0.6 is 11.6 Å². The summed E-state index contributed by atoms with van der Waals surface area (Å²) in [6, 6.07) is 14.5. The van der Waals surface area contributed by atoms with Gasteiger partial charge in [-0.15, -0.1) is 0 Å². The number of fused-ring (bicyclic) bond motifs is 1. The van der Waals surface area contributed by atoms with Crippen molar-refractivity contribution in [2.45, 2.75) is 19.9 Å². The number of ether oxygens (including phenoxy) is 1. The van der Waals surface area contributed by atoms with Gasteiger partial charge in [-0.05, 0) is 36.8 Å². The number of benzene rings is 2. The van der Waals surface area contributed by atoms with Crippen molar-refractivity contribution in [1.82, 2.24) is 0 Å². The lowest BCUT2D eigenvalue weighted by molar-refractivity contribution is 0.214. The van der Waals surface area contributed by atoms with Gasteiger partial charge < -0.3 is 10.1 Å². The number of halogens is 1. The van der Waals surface area contributed by atoms with Gasteiger partial charge >= 0.3 is 0 Å². The molecule has 2 atom stereocenters. The molecule has 3 heteroatoms. The summed E-state index contributed by atoms with van der Waals surface area (Å²) in [6.07, 6.45) is 0. The fraction of sp³-hybridized carbons (Fsp3) is 0.294. The van der Waals surface area contributed by atoms with Crippen LogP contribution in [0.3, 0.4) is 0 Å². The summed E-state index contributed by atoms with van der Waals surface area (Å²) in [6.45, 7) is 5.02. The summed E-state index contributed by atoms with van der Waals surface area (Å²) < 4.78 is 5.79. The summed E-state index contributed by atoms with van der Waals surface area (Å²) in [7, 11) is 0. The van der Waals surface area contributed by atoms with E-state index < -0.39 is 0 Å². The van der Waals surface area contributed by atoms with Gasteiger partial charge in [-0.25, -0.2) is 0 Å². The molecule has 0 aliphatic carbocycles. The van der Waals surface area contributed by atoms with E-state index in [0.717, 1.165) is 28.6 Å². The van der Waals surface area contributed by atoms with E-state index in [1.54, 1.807) is 0 Å².